The number of aliphatic hydroxyl groups is 7. The molecule has 0 aliphatic rings. The second kappa shape index (κ2) is 59.8. The molecule has 0 saturated heterocycles. The Hall–Kier alpha value is 0.156. The molecule has 3 aromatic rings. The largest absolute Gasteiger partial charge is 1.00 e. The van der Waals surface area contributed by atoms with Crippen LogP contribution in [-0.4, -0.2) is 144 Å². The van der Waals surface area contributed by atoms with E-state index in [2.05, 4.69) is 95.0 Å². The van der Waals surface area contributed by atoms with Crippen LogP contribution in [0.2, 0.25) is 0 Å². The normalized spacial score (nSPS) is 12.3. The van der Waals surface area contributed by atoms with Crippen LogP contribution in [0.5, 0.6) is 11.5 Å². The molecule has 0 amide bonds. The summed E-state index contributed by atoms with van der Waals surface area (Å²) in [5.74, 6) is 1.61. The van der Waals surface area contributed by atoms with Crippen LogP contribution in [0, 0.1) is 21.7 Å². The fraction of sp³-hybridized carbons (Fsp3) is 0.708. The zero-order valence-corrected chi connectivity index (χ0v) is 62.8. The SMILES string of the molecule is BrCCCCCCBr.CC(=O)[S-].CC(CO)(CO)CO.CCC(C)(CO)CO.CCC(C)(CO)COCCCCCCBr.CCCCCCCOCC(C)(CC)CO.COc1ccc(C(Cl)(c2ccccc2)c2ccc(OC)cc2)cc1.[K+]. The van der Waals surface area contributed by atoms with E-state index in [9.17, 15) is 15.0 Å². The molecule has 0 saturated carbocycles. The number of carbonyl (C=O) groups excluding carboxylic acids is 1. The molecule has 0 bridgehead atoms. The molecular formula is C65H113Br3ClKO12S. The molecule has 480 valence electrons. The smallest absolute Gasteiger partial charge is 0.742 e. The maximum absolute atomic E-state index is 9.26. The number of hydrogen-bond acceptors (Lipinski definition) is 13. The zero-order chi connectivity index (χ0) is 63.2. The number of alkyl halides is 4. The first-order valence-electron chi connectivity index (χ1n) is 29.4. The Morgan fingerprint density at radius 1 is 0.458 bits per heavy atom. The van der Waals surface area contributed by atoms with E-state index in [1.165, 1.54) is 77.6 Å². The fourth-order valence-corrected chi connectivity index (χ4v) is 7.96. The number of carbonyl (C=O) groups is 1. The van der Waals surface area contributed by atoms with Gasteiger partial charge >= 0.3 is 51.4 Å². The standard InChI is InChI=1S/C21H19ClO2.C13H28O2.C12H25BrO2.C6H12Br2.C6H14O2.C5H12O3.C2H4OS.K/c1-23-19-12-8-17(9-13-19)21(22,16-6-4-3-5-7-16)18-10-14-20(24-2)15-11-18;1-4-6-7-8-9-10-15-12-13(3,5-2)11-14;1-3-12(2,10-14)11-15-9-7-5-4-6-8-13;7-5-3-1-2-4-6-8;1-3-6(2,4-7)5-8;1-5(2-6,3-7)4-8;1-2(3)4;/h3-15H,1-2H3;14H,4-12H2,1-3H3;14H,3-11H2,1-2H3;1-6H2;7-8H,3-5H2,1-2H3;6-8H,2-4H2,1H3;1H3,(H,3,4);/q;;;;;;;+1/p-1. The van der Waals surface area contributed by atoms with Crippen molar-refractivity contribution in [3.8, 4) is 11.5 Å². The Kier molecular flexibility index (Phi) is 66.2. The van der Waals surface area contributed by atoms with Gasteiger partial charge in [0, 0.05) is 56.0 Å². The summed E-state index contributed by atoms with van der Waals surface area (Å²) in [7, 11) is 3.31. The maximum Gasteiger partial charge on any atom is 1.00 e. The third-order valence-corrected chi connectivity index (χ3v) is 16.2. The number of ether oxygens (including phenoxy) is 4. The van der Waals surface area contributed by atoms with Crippen LogP contribution in [-0.2, 0) is 31.8 Å². The molecule has 2 unspecified atom stereocenters. The van der Waals surface area contributed by atoms with Crippen LogP contribution in [0.3, 0.4) is 0 Å². The first kappa shape index (κ1) is 91.9. The zero-order valence-electron chi connectivity index (χ0n) is 53.3. The van der Waals surface area contributed by atoms with E-state index in [1.807, 2.05) is 92.7 Å². The van der Waals surface area contributed by atoms with E-state index in [0.29, 0.717) is 13.2 Å². The molecule has 3 aromatic carbocycles. The third kappa shape index (κ3) is 47.7. The summed E-state index contributed by atoms with van der Waals surface area (Å²) in [6, 6.07) is 25.8. The molecule has 0 aromatic heterocycles. The third-order valence-electron chi connectivity index (χ3n) is 13.9. The summed E-state index contributed by atoms with van der Waals surface area (Å²) in [6.07, 6.45) is 19.4. The van der Waals surface area contributed by atoms with Gasteiger partial charge in [-0.15, -0.1) is 11.6 Å². The van der Waals surface area contributed by atoms with Crippen molar-refractivity contribution < 1.29 is 111 Å². The van der Waals surface area contributed by atoms with Crippen molar-refractivity contribution in [2.24, 2.45) is 21.7 Å². The van der Waals surface area contributed by atoms with E-state index in [4.69, 9.17) is 56.1 Å². The van der Waals surface area contributed by atoms with Gasteiger partial charge in [0.05, 0.1) is 73.7 Å². The quantitative estimate of drug-likeness (QED) is 0.00956. The van der Waals surface area contributed by atoms with Gasteiger partial charge in [-0.1, -0.05) is 209 Å². The van der Waals surface area contributed by atoms with E-state index in [1.54, 1.807) is 21.1 Å². The van der Waals surface area contributed by atoms with Crippen molar-refractivity contribution in [1.29, 1.82) is 0 Å². The van der Waals surface area contributed by atoms with Gasteiger partial charge in [0.1, 0.15) is 16.4 Å². The minimum absolute atomic E-state index is 0. The summed E-state index contributed by atoms with van der Waals surface area (Å²) in [6.45, 7) is 20.4. The second-order valence-electron chi connectivity index (χ2n) is 21.8. The van der Waals surface area contributed by atoms with Crippen LogP contribution in [0.15, 0.2) is 78.9 Å². The number of methoxy groups -OCH3 is 2. The Morgan fingerprint density at radius 2 is 0.735 bits per heavy atom. The summed E-state index contributed by atoms with van der Waals surface area (Å²) >= 11 is 21.4. The van der Waals surface area contributed by atoms with Crippen LogP contribution < -0.4 is 60.9 Å². The van der Waals surface area contributed by atoms with Crippen LogP contribution in [0.25, 0.3) is 0 Å². The molecule has 0 spiro atoms. The minimum atomic E-state index is -0.778. The van der Waals surface area contributed by atoms with Gasteiger partial charge in [0.15, 0.2) is 0 Å². The monoisotopic (exact) mass is 1430 g/mol. The van der Waals surface area contributed by atoms with Crippen molar-refractivity contribution >= 4 is 77.1 Å². The number of benzene rings is 3. The fourth-order valence-electron chi connectivity index (χ4n) is 6.39. The van der Waals surface area contributed by atoms with Crippen molar-refractivity contribution in [3.05, 3.63) is 95.6 Å². The van der Waals surface area contributed by atoms with E-state index < -0.39 is 10.3 Å². The van der Waals surface area contributed by atoms with Crippen molar-refractivity contribution in [2.75, 3.05) is 103 Å². The number of aliphatic hydroxyl groups excluding tert-OH is 7. The van der Waals surface area contributed by atoms with Gasteiger partial charge in [-0.05, 0) is 99.2 Å². The van der Waals surface area contributed by atoms with Crippen LogP contribution in [0.1, 0.15) is 182 Å². The van der Waals surface area contributed by atoms with E-state index in [-0.39, 0.29) is 119 Å². The van der Waals surface area contributed by atoms with Crippen molar-refractivity contribution in [3.63, 3.8) is 0 Å². The predicted octanol–water partition coefficient (Wildman–Crippen LogP) is 11.8. The Bertz CT molecular complexity index is 1700. The summed E-state index contributed by atoms with van der Waals surface area (Å²) < 4.78 is 21.7. The van der Waals surface area contributed by atoms with Gasteiger partial charge < -0.3 is 72.1 Å². The van der Waals surface area contributed by atoms with E-state index in [0.717, 1.165) is 89.5 Å². The molecule has 0 aliphatic heterocycles. The molecule has 0 radical (unpaired) electrons. The van der Waals surface area contributed by atoms with Gasteiger partial charge in [-0.25, -0.2) is 0 Å². The number of hydrogen-bond donors (Lipinski definition) is 7. The summed E-state index contributed by atoms with van der Waals surface area (Å²) in [4.78, 5) is 8.48. The Morgan fingerprint density at radius 3 is 0.964 bits per heavy atom. The Labute approximate surface area is 583 Å². The maximum atomic E-state index is 9.26. The molecule has 83 heavy (non-hydrogen) atoms. The minimum Gasteiger partial charge on any atom is -0.742 e. The molecule has 0 fully saturated rings. The second-order valence-corrected chi connectivity index (χ2v) is 25.3. The molecule has 12 nitrogen and oxygen atoms in total. The van der Waals surface area contributed by atoms with Gasteiger partial charge in [0.25, 0.3) is 0 Å². The molecule has 18 heteroatoms. The van der Waals surface area contributed by atoms with Crippen LogP contribution >= 0.6 is 59.4 Å². The number of rotatable bonds is 36. The summed E-state index contributed by atoms with van der Waals surface area (Å²) in [5.41, 5.74) is 1.93. The molecule has 0 aliphatic carbocycles. The van der Waals surface area contributed by atoms with Crippen molar-refractivity contribution in [2.45, 2.75) is 170 Å². The molecule has 2 atom stereocenters. The number of unbranched alkanes of at least 4 members (excludes halogenated alkanes) is 10. The van der Waals surface area contributed by atoms with Gasteiger partial charge in [-0.2, -0.15) is 0 Å². The van der Waals surface area contributed by atoms with E-state index >= 15 is 0 Å². The first-order valence-corrected chi connectivity index (χ1v) is 33.5. The molecule has 3 rings (SSSR count). The molecule has 0 heterocycles. The van der Waals surface area contributed by atoms with Crippen molar-refractivity contribution in [1.82, 2.24) is 0 Å². The number of halogens is 4. The average Bonchev–Trinajstić information content (AvgIpc) is 3.71. The topological polar surface area (TPSA) is 196 Å². The average molecular weight is 1430 g/mol. The van der Waals surface area contributed by atoms with Gasteiger partial charge in [-0.3, -0.25) is 0 Å². The Balaban J connectivity index is -0.000000304. The predicted molar refractivity (Wildman–Crippen MR) is 358 cm³/mol. The summed E-state index contributed by atoms with van der Waals surface area (Å²) in [5, 5.41) is 64.2. The molecular weight excluding hydrogens is 1320 g/mol. The first-order chi connectivity index (χ1) is 39.1. The van der Waals surface area contributed by atoms with Gasteiger partial charge in [0.2, 0.25) is 0 Å². The van der Waals surface area contributed by atoms with Crippen LogP contribution in [0.4, 0.5) is 0 Å². The molecule has 7 N–H and O–H groups in total.